The molecule has 0 saturated heterocycles. The molecule has 2 N–H and O–H groups in total. The number of methoxy groups -OCH3 is 1. The highest BCUT2D eigenvalue weighted by molar-refractivity contribution is 6.24. The molecular weight excluding hydrogens is 462 g/mol. The molecule has 0 saturated carbocycles. The number of hydrogen-bond donors (Lipinski definition) is 2. The average molecular weight is 490 g/mol. The van der Waals surface area contributed by atoms with Crippen LogP contribution in [0.15, 0.2) is 69.3 Å². The van der Waals surface area contributed by atoms with Crippen molar-refractivity contribution >= 4 is 29.1 Å². The lowest BCUT2D eigenvalue weighted by molar-refractivity contribution is -0.137. The van der Waals surface area contributed by atoms with Crippen LogP contribution in [-0.2, 0) is 20.7 Å². The van der Waals surface area contributed by atoms with E-state index in [9.17, 15) is 9.59 Å². The third-order valence-corrected chi connectivity index (χ3v) is 5.42. The maximum atomic E-state index is 12.8. The summed E-state index contributed by atoms with van der Waals surface area (Å²) in [6, 6.07) is 14.7. The largest absolute Gasteiger partial charge is 0.497 e. The van der Waals surface area contributed by atoms with E-state index in [0.717, 1.165) is 17.0 Å². The fourth-order valence-corrected chi connectivity index (χ4v) is 3.65. The molecule has 36 heavy (non-hydrogen) atoms. The van der Waals surface area contributed by atoms with Crippen LogP contribution in [0.2, 0.25) is 0 Å². The van der Waals surface area contributed by atoms with Crippen LogP contribution in [0.5, 0.6) is 5.75 Å². The highest BCUT2D eigenvalue weighted by Gasteiger charge is 2.26. The van der Waals surface area contributed by atoms with Gasteiger partial charge in [-0.25, -0.2) is 9.79 Å². The van der Waals surface area contributed by atoms with E-state index in [2.05, 4.69) is 25.8 Å². The van der Waals surface area contributed by atoms with Crippen LogP contribution < -0.4 is 15.4 Å². The number of aromatic nitrogens is 2. The number of hydrogen-bond acceptors (Lipinski definition) is 9. The standard InChI is InChI=1S/C26H27N5O5/c1-4-35-26(33)23-16(2)27-19-8-5-6-9-20(19)28-25(23)29-21(32)10-7-11-22-30-24(31-36-22)17-12-14-18(34-3)15-13-17/h5-6,8-9,12-15,27H,4,7,10-11H2,1-3H3,(H,28,29,32). The van der Waals surface area contributed by atoms with Crippen LogP contribution in [-0.4, -0.2) is 41.6 Å². The van der Waals surface area contributed by atoms with Gasteiger partial charge in [0.2, 0.25) is 17.6 Å². The molecular formula is C26H27N5O5. The average Bonchev–Trinajstić information content (AvgIpc) is 3.29. The Labute approximate surface area is 208 Å². The Morgan fingerprint density at radius 1 is 1.11 bits per heavy atom. The predicted molar refractivity (Wildman–Crippen MR) is 134 cm³/mol. The van der Waals surface area contributed by atoms with Gasteiger partial charge < -0.3 is 24.6 Å². The molecule has 0 spiro atoms. The molecule has 10 nitrogen and oxygen atoms in total. The Bertz CT molecular complexity index is 1310. The van der Waals surface area contributed by atoms with Gasteiger partial charge >= 0.3 is 5.97 Å². The lowest BCUT2D eigenvalue weighted by Gasteiger charge is -2.13. The first-order valence-electron chi connectivity index (χ1n) is 11.6. The number of fused-ring (bicyclic) bond motifs is 1. The number of anilines is 1. The van der Waals surface area contributed by atoms with Crippen LogP contribution in [0.4, 0.5) is 11.4 Å². The van der Waals surface area contributed by atoms with E-state index in [-0.39, 0.29) is 30.3 Å². The minimum Gasteiger partial charge on any atom is -0.497 e. The number of nitrogens with zero attached hydrogens (tertiary/aromatic N) is 3. The molecule has 1 aromatic heterocycles. The summed E-state index contributed by atoms with van der Waals surface area (Å²) in [6.45, 7) is 3.66. The number of ether oxygens (including phenoxy) is 2. The van der Waals surface area contributed by atoms with Gasteiger partial charge in [0.15, 0.2) is 0 Å². The number of aryl methyl sites for hydroxylation is 1. The van der Waals surface area contributed by atoms with Crippen molar-refractivity contribution < 1.29 is 23.6 Å². The van der Waals surface area contributed by atoms with E-state index in [1.807, 2.05) is 42.5 Å². The third kappa shape index (κ3) is 5.77. The van der Waals surface area contributed by atoms with E-state index < -0.39 is 5.97 Å². The Hall–Kier alpha value is -4.47. The molecule has 0 atom stereocenters. The summed E-state index contributed by atoms with van der Waals surface area (Å²) in [5.41, 5.74) is 2.85. The number of esters is 1. The van der Waals surface area contributed by atoms with Gasteiger partial charge in [-0.2, -0.15) is 4.98 Å². The molecule has 2 aromatic carbocycles. The van der Waals surface area contributed by atoms with E-state index >= 15 is 0 Å². The minimum atomic E-state index is -0.564. The number of amidine groups is 1. The summed E-state index contributed by atoms with van der Waals surface area (Å²) in [4.78, 5) is 34.4. The van der Waals surface area contributed by atoms with Gasteiger partial charge in [0, 0.05) is 24.1 Å². The fourth-order valence-electron chi connectivity index (χ4n) is 3.65. The first kappa shape index (κ1) is 24.6. The number of carbonyl (C=O) groups excluding carboxylic acids is 2. The molecule has 0 fully saturated rings. The molecule has 0 radical (unpaired) electrons. The normalized spacial score (nSPS) is 12.7. The second kappa shape index (κ2) is 11.3. The Balaban J connectivity index is 1.41. The molecule has 3 aromatic rings. The summed E-state index contributed by atoms with van der Waals surface area (Å²) in [6.07, 6.45) is 1.06. The molecule has 0 bridgehead atoms. The number of aliphatic imine (C=N–C) groups is 1. The van der Waals surface area contributed by atoms with Gasteiger partial charge in [0.1, 0.15) is 17.2 Å². The number of allylic oxidation sites excluding steroid dienone is 1. The van der Waals surface area contributed by atoms with Crippen LogP contribution in [0.3, 0.4) is 0 Å². The van der Waals surface area contributed by atoms with E-state index in [0.29, 0.717) is 35.9 Å². The number of amides is 1. The number of benzene rings is 2. The van der Waals surface area contributed by atoms with E-state index in [1.165, 1.54) is 0 Å². The van der Waals surface area contributed by atoms with Crippen LogP contribution in [0.1, 0.15) is 32.6 Å². The van der Waals surface area contributed by atoms with Crippen molar-refractivity contribution in [2.45, 2.75) is 33.1 Å². The van der Waals surface area contributed by atoms with Crippen molar-refractivity contribution in [3.8, 4) is 17.1 Å². The smallest absolute Gasteiger partial charge is 0.343 e. The molecule has 0 aliphatic carbocycles. The van der Waals surface area contributed by atoms with E-state index in [4.69, 9.17) is 14.0 Å². The molecule has 1 aliphatic heterocycles. The zero-order valence-electron chi connectivity index (χ0n) is 20.3. The zero-order valence-corrected chi connectivity index (χ0v) is 20.3. The second-order valence-corrected chi connectivity index (χ2v) is 7.96. The number of nitrogens with one attached hydrogen (secondary N) is 2. The van der Waals surface area contributed by atoms with Crippen molar-refractivity contribution in [2.24, 2.45) is 4.99 Å². The lowest BCUT2D eigenvalue weighted by Crippen LogP contribution is -2.35. The number of carbonyl (C=O) groups is 2. The maximum absolute atomic E-state index is 12.8. The predicted octanol–water partition coefficient (Wildman–Crippen LogP) is 4.18. The second-order valence-electron chi connectivity index (χ2n) is 7.96. The Kier molecular flexibility index (Phi) is 7.74. The minimum absolute atomic E-state index is 0.146. The summed E-state index contributed by atoms with van der Waals surface area (Å²) in [5.74, 6) is 0.927. The van der Waals surface area contributed by atoms with Crippen LogP contribution in [0, 0.1) is 0 Å². The molecule has 10 heteroatoms. The SMILES string of the molecule is CCOC(=O)C1=C(C)Nc2ccccc2N=C1NC(=O)CCCc1nc(-c2ccc(OC)cc2)no1. The highest BCUT2D eigenvalue weighted by atomic mass is 16.5. The number of rotatable bonds is 8. The first-order valence-corrected chi connectivity index (χ1v) is 11.6. The maximum Gasteiger partial charge on any atom is 0.343 e. The first-order chi connectivity index (χ1) is 17.5. The molecule has 2 heterocycles. The van der Waals surface area contributed by atoms with Crippen LogP contribution >= 0.6 is 0 Å². The Morgan fingerprint density at radius 3 is 2.64 bits per heavy atom. The molecule has 1 amide bonds. The van der Waals surface area contributed by atoms with E-state index in [1.54, 1.807) is 27.0 Å². The molecule has 4 rings (SSSR count). The van der Waals surface area contributed by atoms with Gasteiger partial charge in [-0.3, -0.25) is 4.79 Å². The summed E-state index contributed by atoms with van der Waals surface area (Å²) in [5, 5.41) is 9.97. The van der Waals surface area contributed by atoms with Gasteiger partial charge in [-0.15, -0.1) is 0 Å². The van der Waals surface area contributed by atoms with Crippen molar-refractivity contribution in [1.29, 1.82) is 0 Å². The van der Waals surface area contributed by atoms with Gasteiger partial charge in [0.05, 0.1) is 25.1 Å². The fraction of sp³-hybridized carbons (Fsp3) is 0.269. The van der Waals surface area contributed by atoms with Crippen molar-refractivity contribution in [2.75, 3.05) is 19.0 Å². The molecule has 1 aliphatic rings. The van der Waals surface area contributed by atoms with Gasteiger partial charge in [-0.05, 0) is 56.7 Å². The summed E-state index contributed by atoms with van der Waals surface area (Å²) < 4.78 is 15.7. The molecule has 186 valence electrons. The van der Waals surface area contributed by atoms with Crippen molar-refractivity contribution in [3.05, 3.63) is 65.7 Å². The summed E-state index contributed by atoms with van der Waals surface area (Å²) in [7, 11) is 1.60. The third-order valence-electron chi connectivity index (χ3n) is 5.42. The highest BCUT2D eigenvalue weighted by Crippen LogP contribution is 2.30. The van der Waals surface area contributed by atoms with Gasteiger partial charge in [-0.1, -0.05) is 17.3 Å². The topological polar surface area (TPSA) is 128 Å². The Morgan fingerprint density at radius 2 is 1.89 bits per heavy atom. The van der Waals surface area contributed by atoms with Crippen LogP contribution in [0.25, 0.3) is 11.4 Å². The monoisotopic (exact) mass is 489 g/mol. The lowest BCUT2D eigenvalue weighted by atomic mass is 10.1. The van der Waals surface area contributed by atoms with Gasteiger partial charge in [0.25, 0.3) is 0 Å². The van der Waals surface area contributed by atoms with Crippen molar-refractivity contribution in [3.63, 3.8) is 0 Å². The molecule has 0 unspecified atom stereocenters. The summed E-state index contributed by atoms with van der Waals surface area (Å²) >= 11 is 0. The quantitative estimate of drug-likeness (QED) is 0.451. The van der Waals surface area contributed by atoms with Crippen molar-refractivity contribution in [1.82, 2.24) is 15.5 Å². The zero-order chi connectivity index (χ0) is 25.5. The number of para-hydroxylation sites is 2.